The summed E-state index contributed by atoms with van der Waals surface area (Å²) in [5, 5.41) is 17.6. The highest BCUT2D eigenvalue weighted by molar-refractivity contribution is 5.82. The highest BCUT2D eigenvalue weighted by Gasteiger charge is 2.32. The molecule has 1 atom stereocenters. The van der Waals surface area contributed by atoms with Gasteiger partial charge in [-0.25, -0.2) is 0 Å². The molecule has 184 valence electrons. The van der Waals surface area contributed by atoms with Crippen molar-refractivity contribution in [3.05, 3.63) is 107 Å². The molecule has 6 nitrogen and oxygen atoms in total. The van der Waals surface area contributed by atoms with Gasteiger partial charge < -0.3 is 14.7 Å². The number of nitriles is 1. The van der Waals surface area contributed by atoms with Gasteiger partial charge in [0, 0.05) is 48.7 Å². The van der Waals surface area contributed by atoms with Crippen LogP contribution in [0.4, 0.5) is 11.4 Å². The summed E-state index contributed by atoms with van der Waals surface area (Å²) in [5.41, 5.74) is 10.2. The van der Waals surface area contributed by atoms with Gasteiger partial charge in [0.1, 0.15) is 11.8 Å². The van der Waals surface area contributed by atoms with Crippen molar-refractivity contribution in [2.45, 2.75) is 19.9 Å². The van der Waals surface area contributed by atoms with Crippen LogP contribution in [0.2, 0.25) is 0 Å². The van der Waals surface area contributed by atoms with E-state index in [0.29, 0.717) is 5.56 Å². The van der Waals surface area contributed by atoms with Gasteiger partial charge in [0.05, 0.1) is 23.0 Å². The lowest BCUT2D eigenvalue weighted by molar-refractivity contribution is 0.213. The molecule has 1 N–H and O–H groups in total. The summed E-state index contributed by atoms with van der Waals surface area (Å²) in [5.74, 6) is 0.767. The Morgan fingerprint density at radius 3 is 2.43 bits per heavy atom. The SMILES string of the molecule is C=C1Nc2ccccc2C(N2CCN(c3ccc(-c4c(C)noc4C)cc3C#N)CC2)c2ccccc21. The van der Waals surface area contributed by atoms with Crippen LogP contribution in [0.1, 0.15) is 39.7 Å². The van der Waals surface area contributed by atoms with Gasteiger partial charge in [-0.05, 0) is 48.7 Å². The van der Waals surface area contributed by atoms with Crippen LogP contribution >= 0.6 is 0 Å². The van der Waals surface area contributed by atoms with Crippen LogP contribution in [-0.4, -0.2) is 36.2 Å². The van der Waals surface area contributed by atoms with E-state index < -0.39 is 0 Å². The van der Waals surface area contributed by atoms with Crippen LogP contribution in [0.15, 0.2) is 77.8 Å². The second-order valence-corrected chi connectivity index (χ2v) is 9.75. The fourth-order valence-corrected chi connectivity index (χ4v) is 5.82. The first-order chi connectivity index (χ1) is 18.0. The van der Waals surface area contributed by atoms with Gasteiger partial charge in [0.2, 0.25) is 0 Å². The number of hydrogen-bond acceptors (Lipinski definition) is 6. The number of piperazine rings is 1. The van der Waals surface area contributed by atoms with Crippen LogP contribution in [0.3, 0.4) is 0 Å². The molecule has 6 rings (SSSR count). The number of aromatic nitrogens is 1. The van der Waals surface area contributed by atoms with Gasteiger partial charge in [-0.15, -0.1) is 0 Å². The highest BCUT2D eigenvalue weighted by atomic mass is 16.5. The number of aryl methyl sites for hydroxylation is 2. The molecule has 3 heterocycles. The van der Waals surface area contributed by atoms with Crippen LogP contribution in [0, 0.1) is 25.2 Å². The third kappa shape index (κ3) is 3.98. The number of anilines is 2. The zero-order valence-corrected chi connectivity index (χ0v) is 21.2. The highest BCUT2D eigenvalue weighted by Crippen LogP contribution is 2.41. The molecule has 1 unspecified atom stereocenters. The van der Waals surface area contributed by atoms with E-state index in [2.05, 4.69) is 93.6 Å². The van der Waals surface area contributed by atoms with Crippen molar-refractivity contribution in [1.29, 1.82) is 5.26 Å². The minimum atomic E-state index is 0.138. The van der Waals surface area contributed by atoms with Crippen molar-refractivity contribution >= 4 is 17.1 Å². The fraction of sp³-hybridized carbons (Fsp3) is 0.226. The van der Waals surface area contributed by atoms with Crippen molar-refractivity contribution in [2.75, 3.05) is 36.4 Å². The number of hydrogen-bond donors (Lipinski definition) is 1. The molecule has 0 radical (unpaired) electrons. The zero-order chi connectivity index (χ0) is 25.5. The van der Waals surface area contributed by atoms with E-state index in [-0.39, 0.29) is 6.04 Å². The standard InChI is InChI=1S/C31H29N5O/c1-20-25-8-4-5-9-26(25)31(27-10-6-7-11-28(27)33-20)36-16-14-35(15-17-36)29-13-12-23(18-24(29)19-32)30-21(2)34-37-22(30)3/h4-13,18,31,33H,1,14-17H2,2-3H3. The van der Waals surface area contributed by atoms with Crippen molar-refractivity contribution in [3.63, 3.8) is 0 Å². The van der Waals surface area contributed by atoms with E-state index in [1.807, 2.05) is 19.9 Å². The summed E-state index contributed by atoms with van der Waals surface area (Å²) in [6, 6.07) is 25.8. The van der Waals surface area contributed by atoms with E-state index in [4.69, 9.17) is 4.52 Å². The Hall–Kier alpha value is -4.34. The molecule has 2 aliphatic heterocycles. The van der Waals surface area contributed by atoms with E-state index >= 15 is 0 Å². The molecule has 0 amide bonds. The third-order valence-corrected chi connectivity index (χ3v) is 7.58. The molecule has 0 saturated carbocycles. The molecule has 1 aromatic heterocycles. The number of fused-ring (bicyclic) bond motifs is 2. The summed E-state index contributed by atoms with van der Waals surface area (Å²) >= 11 is 0. The summed E-state index contributed by atoms with van der Waals surface area (Å²) in [6.07, 6.45) is 0. The van der Waals surface area contributed by atoms with Gasteiger partial charge in [-0.3, -0.25) is 4.90 Å². The van der Waals surface area contributed by atoms with E-state index in [9.17, 15) is 5.26 Å². The largest absolute Gasteiger partial charge is 0.368 e. The van der Waals surface area contributed by atoms with E-state index in [0.717, 1.165) is 71.4 Å². The molecule has 0 spiro atoms. The topological polar surface area (TPSA) is 68.3 Å². The Morgan fingerprint density at radius 2 is 1.70 bits per heavy atom. The fourth-order valence-electron chi connectivity index (χ4n) is 5.82. The number of nitrogens with zero attached hydrogens (tertiary/aromatic N) is 4. The first kappa shape index (κ1) is 23.1. The van der Waals surface area contributed by atoms with Gasteiger partial charge >= 0.3 is 0 Å². The number of benzene rings is 3. The predicted octanol–water partition coefficient (Wildman–Crippen LogP) is 6.14. The molecule has 4 aromatic rings. The van der Waals surface area contributed by atoms with Gasteiger partial charge in [0.25, 0.3) is 0 Å². The minimum absolute atomic E-state index is 0.138. The Morgan fingerprint density at radius 1 is 0.973 bits per heavy atom. The maximum absolute atomic E-state index is 10.00. The first-order valence-electron chi connectivity index (χ1n) is 12.7. The van der Waals surface area contributed by atoms with E-state index in [1.165, 1.54) is 11.1 Å². The molecule has 37 heavy (non-hydrogen) atoms. The Bertz CT molecular complexity index is 1520. The third-order valence-electron chi connectivity index (χ3n) is 7.58. The lowest BCUT2D eigenvalue weighted by Gasteiger charge is -2.41. The average molecular weight is 488 g/mol. The summed E-state index contributed by atoms with van der Waals surface area (Å²) in [6.45, 7) is 11.6. The van der Waals surface area contributed by atoms with Crippen molar-refractivity contribution in [3.8, 4) is 17.2 Å². The quantitative estimate of drug-likeness (QED) is 0.375. The number of rotatable bonds is 3. The Labute approximate surface area is 217 Å². The second kappa shape index (κ2) is 9.27. The molecule has 0 aliphatic carbocycles. The summed E-state index contributed by atoms with van der Waals surface area (Å²) < 4.78 is 5.35. The Balaban J connectivity index is 1.29. The molecule has 1 saturated heterocycles. The molecule has 0 bridgehead atoms. The maximum atomic E-state index is 10.00. The van der Waals surface area contributed by atoms with Crippen LogP contribution in [0.5, 0.6) is 0 Å². The van der Waals surface area contributed by atoms with Crippen molar-refractivity contribution < 1.29 is 4.52 Å². The number of nitrogens with one attached hydrogen (secondary N) is 1. The van der Waals surface area contributed by atoms with Gasteiger partial charge in [-0.2, -0.15) is 5.26 Å². The second-order valence-electron chi connectivity index (χ2n) is 9.75. The minimum Gasteiger partial charge on any atom is -0.368 e. The van der Waals surface area contributed by atoms with Gasteiger partial charge in [-0.1, -0.05) is 60.3 Å². The summed E-state index contributed by atoms with van der Waals surface area (Å²) in [7, 11) is 0. The molecular weight excluding hydrogens is 458 g/mol. The molecular formula is C31H29N5O. The van der Waals surface area contributed by atoms with Crippen molar-refractivity contribution in [2.24, 2.45) is 0 Å². The first-order valence-corrected chi connectivity index (χ1v) is 12.7. The maximum Gasteiger partial charge on any atom is 0.141 e. The normalized spacial score (nSPS) is 17.4. The Kier molecular flexibility index (Phi) is 5.78. The summed E-state index contributed by atoms with van der Waals surface area (Å²) in [4.78, 5) is 4.89. The molecule has 3 aromatic carbocycles. The zero-order valence-electron chi connectivity index (χ0n) is 21.2. The average Bonchev–Trinajstić information content (AvgIpc) is 3.20. The van der Waals surface area contributed by atoms with Crippen LogP contribution < -0.4 is 10.2 Å². The predicted molar refractivity (Wildman–Crippen MR) is 147 cm³/mol. The van der Waals surface area contributed by atoms with Crippen LogP contribution in [0.25, 0.3) is 16.8 Å². The van der Waals surface area contributed by atoms with E-state index in [1.54, 1.807) is 0 Å². The van der Waals surface area contributed by atoms with Crippen LogP contribution in [-0.2, 0) is 0 Å². The molecule has 6 heteroatoms. The molecule has 2 aliphatic rings. The monoisotopic (exact) mass is 487 g/mol. The molecule has 1 fully saturated rings. The lowest BCUT2D eigenvalue weighted by atomic mass is 9.92. The lowest BCUT2D eigenvalue weighted by Crippen LogP contribution is -2.48. The van der Waals surface area contributed by atoms with Crippen molar-refractivity contribution in [1.82, 2.24) is 10.1 Å². The van der Waals surface area contributed by atoms with Gasteiger partial charge in [0.15, 0.2) is 0 Å². The smallest absolute Gasteiger partial charge is 0.141 e. The number of para-hydroxylation sites is 1.